The van der Waals surface area contributed by atoms with E-state index in [0.29, 0.717) is 18.8 Å². The van der Waals surface area contributed by atoms with Crippen LogP contribution < -0.4 is 5.32 Å². The number of benzene rings is 2. The highest BCUT2D eigenvalue weighted by molar-refractivity contribution is 6.02. The molecule has 1 saturated heterocycles. The van der Waals surface area contributed by atoms with Crippen LogP contribution in [0.5, 0.6) is 0 Å². The molecule has 0 radical (unpaired) electrons. The first-order valence-corrected chi connectivity index (χ1v) is 9.09. The van der Waals surface area contributed by atoms with E-state index in [2.05, 4.69) is 10.3 Å². The van der Waals surface area contributed by atoms with Crippen molar-refractivity contribution >= 4 is 28.4 Å². The summed E-state index contributed by atoms with van der Waals surface area (Å²) < 4.78 is 0. The van der Waals surface area contributed by atoms with Gasteiger partial charge >= 0.3 is 0 Å². The van der Waals surface area contributed by atoms with E-state index in [4.69, 9.17) is 0 Å². The van der Waals surface area contributed by atoms with E-state index in [1.165, 1.54) is 0 Å². The van der Waals surface area contributed by atoms with Crippen molar-refractivity contribution in [2.24, 2.45) is 5.92 Å². The Morgan fingerprint density at radius 3 is 2.81 bits per heavy atom. The lowest BCUT2D eigenvalue weighted by Crippen LogP contribution is -2.28. The number of anilines is 1. The topological polar surface area (TPSA) is 62.3 Å². The third-order valence-electron chi connectivity index (χ3n) is 5.10. The van der Waals surface area contributed by atoms with Crippen LogP contribution >= 0.6 is 0 Å². The summed E-state index contributed by atoms with van der Waals surface area (Å²) in [5.74, 6) is -0.455. The lowest BCUT2D eigenvalue weighted by Gasteiger charge is -2.18. The minimum absolute atomic E-state index is 0.0226. The van der Waals surface area contributed by atoms with Crippen LogP contribution in [0.4, 0.5) is 5.69 Å². The maximum absolute atomic E-state index is 12.8. The van der Waals surface area contributed by atoms with Gasteiger partial charge in [0.15, 0.2) is 0 Å². The number of rotatable bonds is 4. The van der Waals surface area contributed by atoms with Gasteiger partial charge in [0.1, 0.15) is 0 Å². The van der Waals surface area contributed by atoms with Crippen molar-refractivity contribution in [3.63, 3.8) is 0 Å². The molecule has 5 nitrogen and oxygen atoms in total. The second kappa shape index (κ2) is 7.19. The van der Waals surface area contributed by atoms with E-state index in [9.17, 15) is 9.59 Å². The van der Waals surface area contributed by atoms with E-state index in [1.807, 2.05) is 61.5 Å². The number of fused-ring (bicyclic) bond motifs is 1. The molecule has 1 aromatic heterocycles. The first-order chi connectivity index (χ1) is 13.1. The zero-order valence-corrected chi connectivity index (χ0v) is 15.2. The fourth-order valence-electron chi connectivity index (χ4n) is 3.53. The zero-order chi connectivity index (χ0) is 18.8. The molecule has 0 aliphatic carbocycles. The summed E-state index contributed by atoms with van der Waals surface area (Å²) in [7, 11) is 0. The van der Waals surface area contributed by atoms with Crippen molar-refractivity contribution in [1.82, 2.24) is 9.88 Å². The summed E-state index contributed by atoms with van der Waals surface area (Å²) >= 11 is 0. The molecule has 1 N–H and O–H groups in total. The van der Waals surface area contributed by atoms with Crippen LogP contribution in [0.15, 0.2) is 60.8 Å². The Kier molecular flexibility index (Phi) is 4.59. The van der Waals surface area contributed by atoms with Gasteiger partial charge in [-0.15, -0.1) is 0 Å². The lowest BCUT2D eigenvalue weighted by atomic mass is 10.1. The Hall–Kier alpha value is -3.21. The van der Waals surface area contributed by atoms with Crippen LogP contribution in [0.2, 0.25) is 0 Å². The Balaban J connectivity index is 1.47. The number of carbonyl (C=O) groups excluding carboxylic acids is 2. The number of likely N-dealkylation sites (tertiary alicyclic amines) is 1. The van der Waals surface area contributed by atoms with Gasteiger partial charge < -0.3 is 10.2 Å². The summed E-state index contributed by atoms with van der Waals surface area (Å²) in [6.45, 7) is 3.02. The molecule has 4 rings (SSSR count). The van der Waals surface area contributed by atoms with Crippen molar-refractivity contribution in [2.75, 3.05) is 11.9 Å². The second-order valence-electron chi connectivity index (χ2n) is 6.97. The highest BCUT2D eigenvalue weighted by atomic mass is 16.2. The highest BCUT2D eigenvalue weighted by Crippen LogP contribution is 2.25. The van der Waals surface area contributed by atoms with E-state index in [-0.39, 0.29) is 24.2 Å². The molecule has 0 saturated carbocycles. The second-order valence-corrected chi connectivity index (χ2v) is 6.97. The largest absolute Gasteiger partial charge is 0.338 e. The van der Waals surface area contributed by atoms with Crippen LogP contribution in [0.3, 0.4) is 0 Å². The molecule has 2 heterocycles. The average molecular weight is 359 g/mol. The van der Waals surface area contributed by atoms with Gasteiger partial charge in [-0.1, -0.05) is 42.5 Å². The van der Waals surface area contributed by atoms with Crippen LogP contribution in [0.25, 0.3) is 10.9 Å². The van der Waals surface area contributed by atoms with Gasteiger partial charge in [0.2, 0.25) is 11.8 Å². The summed E-state index contributed by atoms with van der Waals surface area (Å²) in [5.41, 5.74) is 3.71. The molecular weight excluding hydrogens is 338 g/mol. The predicted octanol–water partition coefficient (Wildman–Crippen LogP) is 3.53. The van der Waals surface area contributed by atoms with Crippen LogP contribution in [0, 0.1) is 12.8 Å². The summed E-state index contributed by atoms with van der Waals surface area (Å²) in [6.07, 6.45) is 1.96. The number of para-hydroxylation sites is 1. The fraction of sp³-hybridized carbons (Fsp3) is 0.227. The van der Waals surface area contributed by atoms with Gasteiger partial charge in [-0.3, -0.25) is 14.6 Å². The number of pyridine rings is 1. The first-order valence-electron chi connectivity index (χ1n) is 9.09. The van der Waals surface area contributed by atoms with Crippen LogP contribution in [0.1, 0.15) is 17.5 Å². The van der Waals surface area contributed by atoms with Crippen molar-refractivity contribution in [3.05, 3.63) is 71.9 Å². The molecule has 27 heavy (non-hydrogen) atoms. The Morgan fingerprint density at radius 1 is 1.15 bits per heavy atom. The quantitative estimate of drug-likeness (QED) is 0.775. The number of aryl methyl sites for hydroxylation is 1. The molecule has 5 heteroatoms. The predicted molar refractivity (Wildman–Crippen MR) is 105 cm³/mol. The minimum Gasteiger partial charge on any atom is -0.338 e. The highest BCUT2D eigenvalue weighted by Gasteiger charge is 2.34. The monoisotopic (exact) mass is 359 g/mol. The van der Waals surface area contributed by atoms with Gasteiger partial charge in [0.25, 0.3) is 0 Å². The van der Waals surface area contributed by atoms with Gasteiger partial charge in [-0.05, 0) is 30.2 Å². The van der Waals surface area contributed by atoms with Crippen molar-refractivity contribution in [3.8, 4) is 0 Å². The maximum Gasteiger partial charge on any atom is 0.229 e. The zero-order valence-electron chi connectivity index (χ0n) is 15.2. The summed E-state index contributed by atoms with van der Waals surface area (Å²) in [5, 5.41) is 3.93. The van der Waals surface area contributed by atoms with E-state index in [0.717, 1.165) is 22.0 Å². The normalized spacial score (nSPS) is 16.7. The first kappa shape index (κ1) is 17.2. The smallest absolute Gasteiger partial charge is 0.229 e. The molecule has 3 aromatic rings. The lowest BCUT2D eigenvalue weighted by molar-refractivity contribution is -0.128. The van der Waals surface area contributed by atoms with Crippen molar-refractivity contribution < 1.29 is 9.59 Å². The van der Waals surface area contributed by atoms with E-state index < -0.39 is 0 Å². The summed E-state index contributed by atoms with van der Waals surface area (Å²) in [6, 6.07) is 17.5. The molecule has 0 bridgehead atoms. The third-order valence-corrected chi connectivity index (χ3v) is 5.10. The number of aromatic nitrogens is 1. The molecule has 2 aromatic carbocycles. The molecule has 1 aliphatic rings. The number of hydrogen-bond acceptors (Lipinski definition) is 3. The number of nitrogens with one attached hydrogen (secondary N) is 1. The molecule has 0 spiro atoms. The summed E-state index contributed by atoms with van der Waals surface area (Å²) in [4.78, 5) is 31.3. The molecule has 1 unspecified atom stereocenters. The van der Waals surface area contributed by atoms with Crippen molar-refractivity contribution in [1.29, 1.82) is 0 Å². The van der Waals surface area contributed by atoms with Crippen molar-refractivity contribution in [2.45, 2.75) is 19.9 Å². The third kappa shape index (κ3) is 3.53. The number of nitrogens with zero attached hydrogens (tertiary/aromatic N) is 2. The minimum atomic E-state index is -0.347. The van der Waals surface area contributed by atoms with Gasteiger partial charge in [-0.2, -0.15) is 0 Å². The van der Waals surface area contributed by atoms with E-state index >= 15 is 0 Å². The number of carbonyl (C=O) groups is 2. The molecule has 1 atom stereocenters. The Morgan fingerprint density at radius 2 is 1.96 bits per heavy atom. The molecule has 1 fully saturated rings. The van der Waals surface area contributed by atoms with E-state index in [1.54, 1.807) is 11.1 Å². The van der Waals surface area contributed by atoms with Gasteiger partial charge in [-0.25, -0.2) is 0 Å². The molecule has 1 aliphatic heterocycles. The number of hydrogen-bond donors (Lipinski definition) is 1. The average Bonchev–Trinajstić information content (AvgIpc) is 3.05. The molecule has 2 amide bonds. The standard InChI is InChI=1S/C22H21N3O2/c1-15-6-2-3-7-17(15)13-25-14-18(12-20(25)26)22(27)24-19-10-4-8-16-9-5-11-23-21(16)19/h2-11,18H,12-14H2,1H3,(H,24,27). The van der Waals surface area contributed by atoms with Gasteiger partial charge in [0, 0.05) is 31.1 Å². The maximum atomic E-state index is 12.8. The fourth-order valence-corrected chi connectivity index (χ4v) is 3.53. The Labute approximate surface area is 158 Å². The molecular formula is C22H21N3O2. The van der Waals surface area contributed by atoms with Gasteiger partial charge in [0.05, 0.1) is 17.1 Å². The Bertz CT molecular complexity index is 1010. The van der Waals surface area contributed by atoms with Crippen LogP contribution in [-0.4, -0.2) is 28.2 Å². The number of amides is 2. The molecule has 136 valence electrons. The van der Waals surface area contributed by atoms with Crippen LogP contribution in [-0.2, 0) is 16.1 Å². The SMILES string of the molecule is Cc1ccccc1CN1CC(C(=O)Nc2cccc3cccnc23)CC1=O.